The monoisotopic (exact) mass is 418 g/mol. The third-order valence-corrected chi connectivity index (χ3v) is 7.05. The van der Waals surface area contributed by atoms with Gasteiger partial charge in [0.1, 0.15) is 6.04 Å². The molecule has 1 unspecified atom stereocenters. The summed E-state index contributed by atoms with van der Waals surface area (Å²) in [5.41, 5.74) is 2.31. The second-order valence-corrected chi connectivity index (χ2v) is 10.4. The molecule has 1 aromatic rings. The second kappa shape index (κ2) is 8.46. The molecule has 0 aromatic carbocycles. The number of nitrogens with zero attached hydrogens (tertiary/aromatic N) is 1. The lowest BCUT2D eigenvalue weighted by atomic mass is 9.92. The number of thiophene rings is 1. The van der Waals surface area contributed by atoms with Crippen LogP contribution in [0.1, 0.15) is 75.7 Å². The van der Waals surface area contributed by atoms with E-state index in [9.17, 15) is 9.59 Å². The van der Waals surface area contributed by atoms with Crippen LogP contribution in [0.5, 0.6) is 0 Å². The molecule has 0 radical (unpaired) electrons. The van der Waals surface area contributed by atoms with Crippen LogP contribution in [0, 0.1) is 0 Å². The summed E-state index contributed by atoms with van der Waals surface area (Å²) in [6.07, 6.45) is 5.31. The maximum atomic E-state index is 13.7. The molecule has 1 aliphatic carbocycles. The van der Waals surface area contributed by atoms with Crippen molar-refractivity contribution in [2.24, 2.45) is 0 Å². The predicted molar refractivity (Wildman–Crippen MR) is 119 cm³/mol. The largest absolute Gasteiger partial charge is 0.349 e. The number of nitrogens with one attached hydrogen (secondary N) is 1. The summed E-state index contributed by atoms with van der Waals surface area (Å²) in [4.78, 5) is 29.9. The molecular formula is C22H30N2O2S2. The van der Waals surface area contributed by atoms with E-state index in [-0.39, 0.29) is 23.4 Å². The minimum atomic E-state index is -0.616. The Hall–Kier alpha value is -1.53. The Morgan fingerprint density at radius 2 is 1.89 bits per heavy atom. The van der Waals surface area contributed by atoms with Crippen molar-refractivity contribution in [2.75, 3.05) is 0 Å². The molecule has 1 atom stereocenters. The van der Waals surface area contributed by atoms with Gasteiger partial charge in [-0.15, -0.1) is 11.8 Å². The molecular weight excluding hydrogens is 388 g/mol. The average molecular weight is 419 g/mol. The Balaban J connectivity index is 2.16. The van der Waals surface area contributed by atoms with E-state index in [4.69, 9.17) is 0 Å². The highest BCUT2D eigenvalue weighted by Crippen LogP contribution is 2.41. The molecule has 0 saturated heterocycles. The lowest BCUT2D eigenvalue weighted by Gasteiger charge is -2.40. The Labute approximate surface area is 176 Å². The fourth-order valence-corrected chi connectivity index (χ4v) is 5.82. The molecule has 3 rings (SSSR count). The molecule has 1 aromatic heterocycles. The Kier molecular flexibility index (Phi) is 6.40. The fraction of sp³-hybridized carbons (Fsp3) is 0.545. The van der Waals surface area contributed by atoms with E-state index in [2.05, 4.69) is 11.9 Å². The number of rotatable bonds is 4. The zero-order valence-corrected chi connectivity index (χ0v) is 18.8. The van der Waals surface area contributed by atoms with Gasteiger partial charge in [-0.2, -0.15) is 11.3 Å². The standard InChI is InChI=1S/C22H30N2O2S2/c1-6-28-19-14(2)16-12-27-13-17(16)21(26)24(15-10-8-7-9-11-15)18(19)20(25)23-22(3,4)5/h6,12-13,15,18H,1,7-11H2,2-5H3,(H,23,25). The number of amides is 2. The molecule has 0 spiro atoms. The highest BCUT2D eigenvalue weighted by atomic mass is 32.2. The third-order valence-electron chi connectivity index (χ3n) is 5.35. The van der Waals surface area contributed by atoms with Crippen molar-refractivity contribution >= 4 is 40.5 Å². The van der Waals surface area contributed by atoms with Crippen molar-refractivity contribution in [3.8, 4) is 0 Å². The predicted octanol–water partition coefficient (Wildman–Crippen LogP) is 5.43. The Morgan fingerprint density at radius 1 is 1.25 bits per heavy atom. The summed E-state index contributed by atoms with van der Waals surface area (Å²) >= 11 is 3.01. The van der Waals surface area contributed by atoms with Crippen LogP contribution in [0.2, 0.25) is 0 Å². The van der Waals surface area contributed by atoms with Gasteiger partial charge in [-0.1, -0.05) is 25.8 Å². The number of hydrogen-bond donors (Lipinski definition) is 1. The minimum Gasteiger partial charge on any atom is -0.349 e. The van der Waals surface area contributed by atoms with E-state index in [1.165, 1.54) is 18.2 Å². The van der Waals surface area contributed by atoms with E-state index in [0.29, 0.717) is 0 Å². The summed E-state index contributed by atoms with van der Waals surface area (Å²) in [6, 6.07) is -0.522. The molecule has 152 valence electrons. The maximum absolute atomic E-state index is 13.7. The van der Waals surface area contributed by atoms with Crippen LogP contribution in [0.15, 0.2) is 27.7 Å². The van der Waals surface area contributed by atoms with Crippen LogP contribution in [0.4, 0.5) is 0 Å². The number of allylic oxidation sites excluding steroid dienone is 1. The topological polar surface area (TPSA) is 49.4 Å². The molecule has 0 bridgehead atoms. The molecule has 1 fully saturated rings. The molecule has 6 heteroatoms. The van der Waals surface area contributed by atoms with Crippen LogP contribution in [0.25, 0.3) is 5.57 Å². The molecule has 2 heterocycles. The van der Waals surface area contributed by atoms with Gasteiger partial charge in [0, 0.05) is 27.4 Å². The van der Waals surface area contributed by atoms with Crippen molar-refractivity contribution < 1.29 is 9.59 Å². The smallest absolute Gasteiger partial charge is 0.256 e. The lowest BCUT2D eigenvalue weighted by Crippen LogP contribution is -2.57. The minimum absolute atomic E-state index is 0.0174. The van der Waals surface area contributed by atoms with Crippen molar-refractivity contribution in [2.45, 2.75) is 77.4 Å². The van der Waals surface area contributed by atoms with Crippen LogP contribution in [0.3, 0.4) is 0 Å². The molecule has 2 aliphatic rings. The first-order valence-corrected chi connectivity index (χ1v) is 11.8. The van der Waals surface area contributed by atoms with E-state index >= 15 is 0 Å². The van der Waals surface area contributed by atoms with Gasteiger partial charge in [0.15, 0.2) is 0 Å². The summed E-state index contributed by atoms with van der Waals surface area (Å²) in [7, 11) is 0. The average Bonchev–Trinajstić information content (AvgIpc) is 3.09. The summed E-state index contributed by atoms with van der Waals surface area (Å²) in [5, 5.41) is 8.83. The SMILES string of the molecule is C=CSC1=C(C)c2cscc2C(=O)N(C2CCCCC2)C1C(=O)NC(C)(C)C. The van der Waals surface area contributed by atoms with Crippen molar-refractivity contribution in [1.82, 2.24) is 10.2 Å². The van der Waals surface area contributed by atoms with E-state index in [1.54, 1.807) is 16.7 Å². The molecule has 1 N–H and O–H groups in total. The zero-order chi connectivity index (χ0) is 20.5. The quantitative estimate of drug-likeness (QED) is 0.709. The van der Waals surface area contributed by atoms with Gasteiger partial charge in [0.2, 0.25) is 5.91 Å². The molecule has 1 aliphatic heterocycles. The van der Waals surface area contributed by atoms with Gasteiger partial charge in [-0.25, -0.2) is 0 Å². The summed E-state index contributed by atoms with van der Waals surface area (Å²) < 4.78 is 0. The molecule has 28 heavy (non-hydrogen) atoms. The maximum Gasteiger partial charge on any atom is 0.256 e. The van der Waals surface area contributed by atoms with E-state index < -0.39 is 6.04 Å². The third kappa shape index (κ3) is 4.23. The number of hydrogen-bond acceptors (Lipinski definition) is 4. The first-order chi connectivity index (χ1) is 13.2. The number of fused-ring (bicyclic) bond motifs is 1. The molecule has 2 amide bonds. The van der Waals surface area contributed by atoms with Gasteiger partial charge >= 0.3 is 0 Å². The van der Waals surface area contributed by atoms with Crippen molar-refractivity contribution in [3.63, 3.8) is 0 Å². The van der Waals surface area contributed by atoms with Gasteiger partial charge in [-0.3, -0.25) is 9.59 Å². The highest BCUT2D eigenvalue weighted by Gasteiger charge is 2.43. The van der Waals surface area contributed by atoms with Crippen molar-refractivity contribution in [1.29, 1.82) is 0 Å². The van der Waals surface area contributed by atoms with Gasteiger partial charge in [-0.05, 0) is 56.9 Å². The van der Waals surface area contributed by atoms with Crippen LogP contribution in [-0.4, -0.2) is 34.3 Å². The second-order valence-electron chi connectivity index (χ2n) is 8.62. The van der Waals surface area contributed by atoms with Gasteiger partial charge < -0.3 is 10.2 Å². The van der Waals surface area contributed by atoms with Gasteiger partial charge in [0.05, 0.1) is 5.56 Å². The Morgan fingerprint density at radius 3 is 2.50 bits per heavy atom. The zero-order valence-electron chi connectivity index (χ0n) is 17.2. The van der Waals surface area contributed by atoms with E-state index in [0.717, 1.165) is 47.3 Å². The van der Waals surface area contributed by atoms with Crippen LogP contribution >= 0.6 is 23.1 Å². The fourth-order valence-electron chi connectivity index (χ4n) is 4.14. The van der Waals surface area contributed by atoms with Crippen LogP contribution < -0.4 is 5.32 Å². The number of carbonyl (C=O) groups excluding carboxylic acids is 2. The first-order valence-electron chi connectivity index (χ1n) is 9.94. The van der Waals surface area contributed by atoms with Crippen LogP contribution in [-0.2, 0) is 4.79 Å². The molecule has 4 nitrogen and oxygen atoms in total. The molecule has 1 saturated carbocycles. The Bertz CT molecular complexity index is 798. The summed E-state index contributed by atoms with van der Waals surface area (Å²) in [5.74, 6) is -0.125. The highest BCUT2D eigenvalue weighted by molar-refractivity contribution is 8.06. The lowest BCUT2D eigenvalue weighted by molar-refractivity contribution is -0.126. The first kappa shape index (κ1) is 21.2. The van der Waals surface area contributed by atoms with E-state index in [1.807, 2.05) is 43.4 Å². The summed E-state index contributed by atoms with van der Waals surface area (Å²) in [6.45, 7) is 11.8. The number of carbonyl (C=O) groups is 2. The normalized spacial score (nSPS) is 21.4. The van der Waals surface area contributed by atoms with Gasteiger partial charge in [0.25, 0.3) is 5.91 Å². The van der Waals surface area contributed by atoms with Crippen molar-refractivity contribution in [3.05, 3.63) is 38.8 Å². The number of thioether (sulfide) groups is 1.